The molecule has 10 nitrogen and oxygen atoms in total. The van der Waals surface area contributed by atoms with Crippen LogP contribution in [0.25, 0.3) is 10.2 Å². The SMILES string of the molecule is O=C(Nc1ccc([N+](=O)[O-])cc1)Nc1nc2ccc([N+](=O)[O-])cc2s1. The van der Waals surface area contributed by atoms with Crippen molar-refractivity contribution in [2.24, 2.45) is 0 Å². The summed E-state index contributed by atoms with van der Waals surface area (Å²) in [5, 5.41) is 26.7. The van der Waals surface area contributed by atoms with Crippen LogP contribution < -0.4 is 10.6 Å². The third-order valence-corrected chi connectivity index (χ3v) is 4.07. The topological polar surface area (TPSA) is 140 Å². The number of nitrogens with zero attached hydrogens (tertiary/aromatic N) is 3. The van der Waals surface area contributed by atoms with Crippen molar-refractivity contribution in [1.82, 2.24) is 4.98 Å². The molecule has 0 fully saturated rings. The van der Waals surface area contributed by atoms with Gasteiger partial charge in [-0.15, -0.1) is 0 Å². The summed E-state index contributed by atoms with van der Waals surface area (Å²) in [7, 11) is 0. The van der Waals surface area contributed by atoms with Gasteiger partial charge in [-0.2, -0.15) is 0 Å². The first-order chi connectivity index (χ1) is 11.9. The molecular weight excluding hydrogens is 350 g/mol. The number of amides is 2. The second-order valence-corrected chi connectivity index (χ2v) is 5.84. The Morgan fingerprint density at radius 1 is 0.960 bits per heavy atom. The van der Waals surface area contributed by atoms with Gasteiger partial charge in [-0.3, -0.25) is 25.5 Å². The van der Waals surface area contributed by atoms with E-state index in [0.29, 0.717) is 15.9 Å². The van der Waals surface area contributed by atoms with E-state index >= 15 is 0 Å². The molecule has 0 atom stereocenters. The quantitative estimate of drug-likeness (QED) is 0.537. The zero-order chi connectivity index (χ0) is 18.0. The highest BCUT2D eigenvalue weighted by Gasteiger charge is 2.12. The van der Waals surface area contributed by atoms with Gasteiger partial charge in [0.05, 0.1) is 20.1 Å². The number of hydrogen-bond donors (Lipinski definition) is 2. The maximum Gasteiger partial charge on any atom is 0.325 e. The van der Waals surface area contributed by atoms with E-state index in [4.69, 9.17) is 0 Å². The number of hydrogen-bond acceptors (Lipinski definition) is 7. The van der Waals surface area contributed by atoms with Crippen LogP contribution in [0.15, 0.2) is 42.5 Å². The van der Waals surface area contributed by atoms with Crippen molar-refractivity contribution < 1.29 is 14.6 Å². The summed E-state index contributed by atoms with van der Waals surface area (Å²) in [6, 6.07) is 8.98. The van der Waals surface area contributed by atoms with Gasteiger partial charge >= 0.3 is 6.03 Å². The fraction of sp³-hybridized carbons (Fsp3) is 0. The maximum atomic E-state index is 12.0. The van der Waals surface area contributed by atoms with E-state index < -0.39 is 15.9 Å². The number of aromatic nitrogens is 1. The van der Waals surface area contributed by atoms with Crippen LogP contribution in [0.5, 0.6) is 0 Å². The minimum absolute atomic E-state index is 0.0574. The Labute approximate surface area is 143 Å². The van der Waals surface area contributed by atoms with Crippen LogP contribution in [0.2, 0.25) is 0 Å². The lowest BCUT2D eigenvalue weighted by Gasteiger charge is -2.04. The number of anilines is 2. The van der Waals surface area contributed by atoms with Gasteiger partial charge in [-0.05, 0) is 18.2 Å². The lowest BCUT2D eigenvalue weighted by atomic mass is 10.3. The largest absolute Gasteiger partial charge is 0.325 e. The molecule has 0 aliphatic heterocycles. The summed E-state index contributed by atoms with van der Waals surface area (Å²) in [5.41, 5.74) is 0.762. The first kappa shape index (κ1) is 16.3. The van der Waals surface area contributed by atoms with Crippen molar-refractivity contribution in [2.75, 3.05) is 10.6 Å². The van der Waals surface area contributed by atoms with Crippen LogP contribution in [0.1, 0.15) is 0 Å². The van der Waals surface area contributed by atoms with Gasteiger partial charge in [0.1, 0.15) is 0 Å². The predicted molar refractivity (Wildman–Crippen MR) is 92.0 cm³/mol. The van der Waals surface area contributed by atoms with Gasteiger partial charge in [-0.1, -0.05) is 11.3 Å². The molecule has 0 unspecified atom stereocenters. The number of nitro groups is 2. The van der Waals surface area contributed by atoms with Gasteiger partial charge in [-0.25, -0.2) is 9.78 Å². The number of nitrogens with one attached hydrogen (secondary N) is 2. The fourth-order valence-corrected chi connectivity index (χ4v) is 2.90. The standard InChI is InChI=1S/C14H9N5O5S/c20-13(15-8-1-3-9(4-2-8)18(21)22)17-14-16-11-6-5-10(19(23)24)7-12(11)25-14/h1-7H,(H2,15,16,17,20). The molecule has 25 heavy (non-hydrogen) atoms. The van der Waals surface area contributed by atoms with E-state index in [1.54, 1.807) is 0 Å². The molecular formula is C14H9N5O5S. The molecule has 1 aromatic heterocycles. The van der Waals surface area contributed by atoms with E-state index in [9.17, 15) is 25.0 Å². The third-order valence-electron chi connectivity index (χ3n) is 3.14. The zero-order valence-corrected chi connectivity index (χ0v) is 13.1. The molecule has 0 bridgehead atoms. The van der Waals surface area contributed by atoms with Crippen LogP contribution in [0.3, 0.4) is 0 Å². The van der Waals surface area contributed by atoms with E-state index in [-0.39, 0.29) is 16.5 Å². The number of non-ortho nitro benzene ring substituents is 2. The molecule has 2 N–H and O–H groups in total. The van der Waals surface area contributed by atoms with Gasteiger partial charge < -0.3 is 5.32 Å². The molecule has 11 heteroatoms. The molecule has 0 saturated heterocycles. The van der Waals surface area contributed by atoms with Gasteiger partial charge in [0.15, 0.2) is 5.13 Å². The van der Waals surface area contributed by atoms with Crippen LogP contribution in [-0.2, 0) is 0 Å². The molecule has 0 spiro atoms. The average molecular weight is 359 g/mol. The number of fused-ring (bicyclic) bond motifs is 1. The summed E-state index contributed by atoms with van der Waals surface area (Å²) in [5.74, 6) is 0. The number of nitro benzene ring substituents is 2. The number of carbonyl (C=O) groups is 1. The average Bonchev–Trinajstić information content (AvgIpc) is 2.96. The second-order valence-electron chi connectivity index (χ2n) is 4.81. The Kier molecular flexibility index (Phi) is 4.22. The first-order valence-corrected chi connectivity index (χ1v) is 7.61. The molecule has 0 aliphatic rings. The summed E-state index contributed by atoms with van der Waals surface area (Å²) < 4.78 is 0.569. The summed E-state index contributed by atoms with van der Waals surface area (Å²) in [6.45, 7) is 0. The van der Waals surface area contributed by atoms with Crippen molar-refractivity contribution in [3.63, 3.8) is 0 Å². The molecule has 2 aromatic carbocycles. The summed E-state index contributed by atoms with van der Waals surface area (Å²) in [4.78, 5) is 36.4. The van der Waals surface area contributed by atoms with Gasteiger partial charge in [0, 0.05) is 30.0 Å². The van der Waals surface area contributed by atoms with Crippen molar-refractivity contribution in [3.8, 4) is 0 Å². The zero-order valence-electron chi connectivity index (χ0n) is 12.3. The minimum atomic E-state index is -0.581. The van der Waals surface area contributed by atoms with E-state index in [2.05, 4.69) is 15.6 Å². The first-order valence-electron chi connectivity index (χ1n) is 6.80. The molecule has 0 aliphatic carbocycles. The van der Waals surface area contributed by atoms with Crippen molar-refractivity contribution in [1.29, 1.82) is 0 Å². The van der Waals surface area contributed by atoms with Crippen LogP contribution >= 0.6 is 11.3 Å². The van der Waals surface area contributed by atoms with Crippen LogP contribution in [0.4, 0.5) is 27.0 Å². The second kappa shape index (κ2) is 6.49. The van der Waals surface area contributed by atoms with Crippen molar-refractivity contribution in [3.05, 3.63) is 62.7 Å². The third kappa shape index (κ3) is 3.67. The maximum absolute atomic E-state index is 12.0. The number of benzene rings is 2. The lowest BCUT2D eigenvalue weighted by Crippen LogP contribution is -2.19. The van der Waals surface area contributed by atoms with E-state index in [1.807, 2.05) is 0 Å². The molecule has 2 amide bonds. The highest BCUT2D eigenvalue weighted by atomic mass is 32.1. The summed E-state index contributed by atoms with van der Waals surface area (Å²) >= 11 is 1.10. The van der Waals surface area contributed by atoms with Gasteiger partial charge in [0.25, 0.3) is 11.4 Å². The van der Waals surface area contributed by atoms with E-state index in [1.165, 1.54) is 42.5 Å². The molecule has 3 aromatic rings. The molecule has 3 rings (SSSR count). The Morgan fingerprint density at radius 3 is 2.24 bits per heavy atom. The van der Waals surface area contributed by atoms with Gasteiger partial charge in [0.2, 0.25) is 0 Å². The molecule has 1 heterocycles. The molecule has 126 valence electrons. The van der Waals surface area contributed by atoms with Crippen molar-refractivity contribution in [2.45, 2.75) is 0 Å². The monoisotopic (exact) mass is 359 g/mol. The van der Waals surface area contributed by atoms with E-state index in [0.717, 1.165) is 11.3 Å². The highest BCUT2D eigenvalue weighted by molar-refractivity contribution is 7.22. The highest BCUT2D eigenvalue weighted by Crippen LogP contribution is 2.29. The van der Waals surface area contributed by atoms with Crippen molar-refractivity contribution >= 4 is 49.8 Å². The number of thiazole rings is 1. The number of urea groups is 1. The fourth-order valence-electron chi connectivity index (χ4n) is 2.01. The number of carbonyl (C=O) groups excluding carboxylic acids is 1. The Morgan fingerprint density at radius 2 is 1.60 bits per heavy atom. The summed E-state index contributed by atoms with van der Waals surface area (Å²) in [6.07, 6.45) is 0. The Hall–Kier alpha value is -3.60. The lowest BCUT2D eigenvalue weighted by molar-refractivity contribution is -0.385. The normalized spacial score (nSPS) is 10.4. The number of rotatable bonds is 4. The molecule has 0 radical (unpaired) electrons. The molecule has 0 saturated carbocycles. The Bertz CT molecular complexity index is 985. The smallest absolute Gasteiger partial charge is 0.308 e. The van der Waals surface area contributed by atoms with Crippen LogP contribution in [0, 0.1) is 20.2 Å². The Balaban J connectivity index is 1.71. The minimum Gasteiger partial charge on any atom is -0.308 e. The predicted octanol–water partition coefficient (Wildman–Crippen LogP) is 3.76. The van der Waals surface area contributed by atoms with Crippen LogP contribution in [-0.4, -0.2) is 20.9 Å².